The smallest absolute Gasteiger partial charge is 0.220 e. The first-order valence-corrected chi connectivity index (χ1v) is 5.95. The van der Waals surface area contributed by atoms with Crippen molar-refractivity contribution in [3.8, 4) is 11.1 Å². The molecule has 0 saturated carbocycles. The fourth-order valence-corrected chi connectivity index (χ4v) is 1.88. The molecule has 2 rings (SSSR count). The minimum absolute atomic E-state index is 0.141. The molecule has 0 fully saturated rings. The second-order valence-electron chi connectivity index (χ2n) is 4.44. The van der Waals surface area contributed by atoms with E-state index in [9.17, 15) is 4.79 Å². The fourth-order valence-electron chi connectivity index (χ4n) is 1.88. The molecule has 0 aliphatic rings. The summed E-state index contributed by atoms with van der Waals surface area (Å²) in [7, 11) is 0. The molecule has 0 radical (unpaired) electrons. The van der Waals surface area contributed by atoms with E-state index in [1.54, 1.807) is 12.4 Å². The van der Waals surface area contributed by atoms with Gasteiger partial charge in [-0.3, -0.25) is 9.78 Å². The van der Waals surface area contributed by atoms with Crippen LogP contribution in [-0.2, 0) is 11.2 Å². The van der Waals surface area contributed by atoms with Gasteiger partial charge >= 0.3 is 0 Å². The van der Waals surface area contributed by atoms with E-state index in [2.05, 4.69) is 11.1 Å². The molecule has 0 aliphatic heterocycles. The van der Waals surface area contributed by atoms with Gasteiger partial charge in [0.2, 0.25) is 5.91 Å². The molecule has 3 nitrogen and oxygen atoms in total. The quantitative estimate of drug-likeness (QED) is 0.892. The van der Waals surface area contributed by atoms with Gasteiger partial charge in [0, 0.05) is 18.3 Å². The lowest BCUT2D eigenvalue weighted by Gasteiger charge is -2.09. The maximum Gasteiger partial charge on any atom is 0.220 e. The molecule has 1 amide bonds. The number of hydrogen-bond donors (Lipinski definition) is 1. The highest BCUT2D eigenvalue weighted by atomic mass is 16.1. The van der Waals surface area contributed by atoms with Gasteiger partial charge < -0.3 is 5.73 Å². The number of benzene rings is 1. The van der Waals surface area contributed by atoms with Crippen LogP contribution in [0.5, 0.6) is 0 Å². The van der Waals surface area contributed by atoms with Crippen LogP contribution in [0.25, 0.3) is 11.1 Å². The number of carbonyl (C=O) groups is 1. The molecule has 0 saturated heterocycles. The molecule has 2 N–H and O–H groups in total. The molecule has 0 spiro atoms. The Hall–Kier alpha value is -2.16. The van der Waals surface area contributed by atoms with Gasteiger partial charge in [0.25, 0.3) is 0 Å². The lowest BCUT2D eigenvalue weighted by Crippen LogP contribution is -2.22. The number of rotatable bonds is 4. The molecule has 1 heterocycles. The van der Waals surface area contributed by atoms with E-state index < -0.39 is 0 Å². The molecule has 1 aromatic carbocycles. The second-order valence-corrected chi connectivity index (χ2v) is 4.44. The van der Waals surface area contributed by atoms with Gasteiger partial charge in [0.1, 0.15) is 0 Å². The van der Waals surface area contributed by atoms with Crippen LogP contribution in [0.2, 0.25) is 0 Å². The van der Waals surface area contributed by atoms with Gasteiger partial charge in [-0.2, -0.15) is 0 Å². The van der Waals surface area contributed by atoms with Crippen molar-refractivity contribution < 1.29 is 4.79 Å². The Balaban J connectivity index is 2.23. The van der Waals surface area contributed by atoms with Crippen LogP contribution >= 0.6 is 0 Å². The molecule has 0 aliphatic carbocycles. The van der Waals surface area contributed by atoms with E-state index in [-0.39, 0.29) is 11.8 Å². The van der Waals surface area contributed by atoms with Crippen molar-refractivity contribution in [2.75, 3.05) is 0 Å². The maximum absolute atomic E-state index is 11.1. The molecular weight excluding hydrogens is 224 g/mol. The molecule has 1 aromatic heterocycles. The number of nitrogens with two attached hydrogens (primary N) is 1. The van der Waals surface area contributed by atoms with Crippen molar-refractivity contribution in [2.24, 2.45) is 11.7 Å². The maximum atomic E-state index is 11.1. The number of primary amides is 1. The van der Waals surface area contributed by atoms with Crippen LogP contribution in [0.4, 0.5) is 0 Å². The third-order valence-electron chi connectivity index (χ3n) is 2.97. The number of carbonyl (C=O) groups excluding carboxylic acids is 1. The highest BCUT2D eigenvalue weighted by molar-refractivity contribution is 5.76. The minimum atomic E-state index is -0.260. The van der Waals surface area contributed by atoms with Crippen LogP contribution in [0, 0.1) is 5.92 Å². The zero-order valence-corrected chi connectivity index (χ0v) is 10.3. The predicted octanol–water partition coefficient (Wildman–Crippen LogP) is 2.41. The van der Waals surface area contributed by atoms with Gasteiger partial charge in [-0.25, -0.2) is 0 Å². The summed E-state index contributed by atoms with van der Waals surface area (Å²) < 4.78 is 0. The van der Waals surface area contributed by atoms with E-state index in [1.165, 1.54) is 0 Å². The molecule has 18 heavy (non-hydrogen) atoms. The SMILES string of the molecule is C[C@H](Cc1cccc(-c2ccncc2)c1)C(N)=O. The van der Waals surface area contributed by atoms with E-state index in [0.717, 1.165) is 16.7 Å². The second kappa shape index (κ2) is 5.45. The zero-order valence-electron chi connectivity index (χ0n) is 10.3. The van der Waals surface area contributed by atoms with Gasteiger partial charge in [-0.05, 0) is 35.2 Å². The Bertz CT molecular complexity index is 537. The number of hydrogen-bond acceptors (Lipinski definition) is 2. The summed E-state index contributed by atoms with van der Waals surface area (Å²) in [6, 6.07) is 12.1. The van der Waals surface area contributed by atoms with Gasteiger partial charge in [-0.1, -0.05) is 31.2 Å². The zero-order chi connectivity index (χ0) is 13.0. The highest BCUT2D eigenvalue weighted by Crippen LogP contribution is 2.20. The molecule has 0 unspecified atom stereocenters. The highest BCUT2D eigenvalue weighted by Gasteiger charge is 2.09. The standard InChI is InChI=1S/C15H16N2O/c1-11(15(16)18)9-12-3-2-4-14(10-12)13-5-7-17-8-6-13/h2-8,10-11H,9H2,1H3,(H2,16,18)/t11-/m1/s1. The van der Waals surface area contributed by atoms with Crippen LogP contribution in [0.15, 0.2) is 48.8 Å². The predicted molar refractivity (Wildman–Crippen MR) is 71.7 cm³/mol. The molecule has 92 valence electrons. The number of aromatic nitrogens is 1. The van der Waals surface area contributed by atoms with Crippen molar-refractivity contribution >= 4 is 5.91 Å². The molecule has 1 atom stereocenters. The fraction of sp³-hybridized carbons (Fsp3) is 0.200. The summed E-state index contributed by atoms with van der Waals surface area (Å²) in [6.07, 6.45) is 4.22. The van der Waals surface area contributed by atoms with Gasteiger partial charge in [0.05, 0.1) is 0 Å². The number of amides is 1. The third kappa shape index (κ3) is 2.94. The molecule has 3 heteroatoms. The first-order valence-electron chi connectivity index (χ1n) is 5.95. The third-order valence-corrected chi connectivity index (χ3v) is 2.97. The number of pyridine rings is 1. The number of nitrogens with zero attached hydrogens (tertiary/aromatic N) is 1. The van der Waals surface area contributed by atoms with Crippen LogP contribution < -0.4 is 5.73 Å². The Morgan fingerprint density at radius 1 is 1.22 bits per heavy atom. The monoisotopic (exact) mass is 240 g/mol. The first kappa shape index (κ1) is 12.3. The summed E-state index contributed by atoms with van der Waals surface area (Å²) >= 11 is 0. The van der Waals surface area contributed by atoms with E-state index >= 15 is 0 Å². The topological polar surface area (TPSA) is 56.0 Å². The van der Waals surface area contributed by atoms with Gasteiger partial charge in [0.15, 0.2) is 0 Å². The van der Waals surface area contributed by atoms with Crippen molar-refractivity contribution in [3.63, 3.8) is 0 Å². The Labute approximate surface area is 107 Å². The summed E-state index contributed by atoms with van der Waals surface area (Å²) in [5.74, 6) is -0.401. The van der Waals surface area contributed by atoms with Crippen LogP contribution in [-0.4, -0.2) is 10.9 Å². The minimum Gasteiger partial charge on any atom is -0.369 e. The van der Waals surface area contributed by atoms with Crippen molar-refractivity contribution in [1.29, 1.82) is 0 Å². The lowest BCUT2D eigenvalue weighted by atomic mass is 9.97. The Morgan fingerprint density at radius 3 is 2.61 bits per heavy atom. The van der Waals surface area contributed by atoms with Crippen LogP contribution in [0.1, 0.15) is 12.5 Å². The largest absolute Gasteiger partial charge is 0.369 e. The molecular formula is C15H16N2O. The summed E-state index contributed by atoms with van der Waals surface area (Å²) in [5, 5.41) is 0. The first-order chi connectivity index (χ1) is 8.66. The van der Waals surface area contributed by atoms with Crippen molar-refractivity contribution in [3.05, 3.63) is 54.4 Å². The Kier molecular flexibility index (Phi) is 3.72. The van der Waals surface area contributed by atoms with E-state index in [1.807, 2.05) is 37.3 Å². The van der Waals surface area contributed by atoms with Crippen LogP contribution in [0.3, 0.4) is 0 Å². The molecule has 0 bridgehead atoms. The van der Waals surface area contributed by atoms with Gasteiger partial charge in [-0.15, -0.1) is 0 Å². The average molecular weight is 240 g/mol. The summed E-state index contributed by atoms with van der Waals surface area (Å²) in [6.45, 7) is 1.85. The van der Waals surface area contributed by atoms with E-state index in [0.29, 0.717) is 6.42 Å². The Morgan fingerprint density at radius 2 is 1.94 bits per heavy atom. The van der Waals surface area contributed by atoms with Crippen molar-refractivity contribution in [1.82, 2.24) is 4.98 Å². The summed E-state index contributed by atoms with van der Waals surface area (Å²) in [4.78, 5) is 15.1. The summed E-state index contributed by atoms with van der Waals surface area (Å²) in [5.41, 5.74) is 8.66. The normalized spacial score (nSPS) is 12.1. The van der Waals surface area contributed by atoms with Crippen molar-refractivity contribution in [2.45, 2.75) is 13.3 Å². The average Bonchev–Trinajstić information content (AvgIpc) is 2.40. The lowest BCUT2D eigenvalue weighted by molar-refractivity contribution is -0.121. The van der Waals surface area contributed by atoms with E-state index in [4.69, 9.17) is 5.73 Å². The molecule has 2 aromatic rings.